The normalized spacial score (nSPS) is 18.2. The van der Waals surface area contributed by atoms with Crippen LogP contribution in [0.15, 0.2) is 5.38 Å². The highest BCUT2D eigenvalue weighted by atomic mass is 32.1. The van der Waals surface area contributed by atoms with Crippen molar-refractivity contribution in [3.05, 3.63) is 20.6 Å². The van der Waals surface area contributed by atoms with Gasteiger partial charge in [-0.3, -0.25) is 5.10 Å². The molecule has 1 aliphatic rings. The van der Waals surface area contributed by atoms with Crippen LogP contribution >= 0.6 is 23.6 Å². The molecule has 1 atom stereocenters. The zero-order valence-electron chi connectivity index (χ0n) is 12.1. The van der Waals surface area contributed by atoms with Crippen LogP contribution in [0.1, 0.15) is 43.6 Å². The molecule has 3 rings (SSSR count). The zero-order valence-corrected chi connectivity index (χ0v) is 13.7. The maximum absolute atomic E-state index is 5.38. The van der Waals surface area contributed by atoms with Crippen molar-refractivity contribution in [2.24, 2.45) is 5.92 Å². The highest BCUT2D eigenvalue weighted by Crippen LogP contribution is 2.37. The number of aromatic nitrogens is 3. The van der Waals surface area contributed by atoms with E-state index in [9.17, 15) is 0 Å². The summed E-state index contributed by atoms with van der Waals surface area (Å²) in [4.78, 5) is 1.55. The summed E-state index contributed by atoms with van der Waals surface area (Å²) >= 11 is 7.27. The van der Waals surface area contributed by atoms with Gasteiger partial charge in [-0.1, -0.05) is 20.3 Å². The molecule has 0 spiro atoms. The second-order valence-corrected chi connectivity index (χ2v) is 7.11. The summed E-state index contributed by atoms with van der Waals surface area (Å²) in [6.45, 7) is 5.51. The third kappa shape index (κ3) is 2.49. The Morgan fingerprint density at radius 2 is 2.40 bits per heavy atom. The number of hydrogen-bond donors (Lipinski definition) is 1. The molecule has 2 heterocycles. The number of thiophene rings is 1. The fourth-order valence-corrected chi connectivity index (χ4v) is 4.38. The number of H-pyrrole nitrogens is 1. The summed E-state index contributed by atoms with van der Waals surface area (Å²) in [5, 5.41) is 9.74. The van der Waals surface area contributed by atoms with Gasteiger partial charge in [0.05, 0.1) is 0 Å². The largest absolute Gasteiger partial charge is 0.300 e. The standard InChI is InChI=1S/C15H21N3S2/c1-3-4-7-18-14(16-17-15(18)19)12-9-20-13-8-10(2)5-6-11(12)13/h9-10H,3-8H2,1-2H3,(H,17,19)/t10-/m0/s1. The Balaban J connectivity index is 2.00. The number of rotatable bonds is 4. The summed E-state index contributed by atoms with van der Waals surface area (Å²) in [6, 6.07) is 0. The van der Waals surface area contributed by atoms with E-state index in [-0.39, 0.29) is 0 Å². The van der Waals surface area contributed by atoms with Gasteiger partial charge < -0.3 is 4.57 Å². The highest BCUT2D eigenvalue weighted by Gasteiger charge is 2.23. The lowest BCUT2D eigenvalue weighted by atomic mass is 9.88. The summed E-state index contributed by atoms with van der Waals surface area (Å²) in [5.74, 6) is 1.85. The van der Waals surface area contributed by atoms with Gasteiger partial charge in [0.1, 0.15) is 0 Å². The van der Waals surface area contributed by atoms with Gasteiger partial charge in [-0.05, 0) is 49.4 Å². The van der Waals surface area contributed by atoms with Gasteiger partial charge in [-0.15, -0.1) is 11.3 Å². The highest BCUT2D eigenvalue weighted by molar-refractivity contribution is 7.71. The van der Waals surface area contributed by atoms with Crippen LogP contribution in [-0.2, 0) is 19.4 Å². The molecule has 0 fully saturated rings. The number of nitrogens with zero attached hydrogens (tertiary/aromatic N) is 2. The molecule has 0 aliphatic heterocycles. The van der Waals surface area contributed by atoms with Crippen LogP contribution in [0.3, 0.4) is 0 Å². The number of unbranched alkanes of at least 4 members (excludes halogenated alkanes) is 1. The van der Waals surface area contributed by atoms with Gasteiger partial charge in [0.15, 0.2) is 10.6 Å². The van der Waals surface area contributed by atoms with E-state index >= 15 is 0 Å². The van der Waals surface area contributed by atoms with E-state index in [1.807, 2.05) is 11.3 Å². The molecular weight excluding hydrogens is 286 g/mol. The van der Waals surface area contributed by atoms with Crippen LogP contribution < -0.4 is 0 Å². The summed E-state index contributed by atoms with van der Waals surface area (Å²) in [5.41, 5.74) is 2.82. The van der Waals surface area contributed by atoms with E-state index in [0.29, 0.717) is 0 Å². The number of hydrogen-bond acceptors (Lipinski definition) is 3. The Kier molecular flexibility index (Phi) is 4.08. The predicted molar refractivity (Wildman–Crippen MR) is 86.8 cm³/mol. The Morgan fingerprint density at radius 1 is 1.55 bits per heavy atom. The molecular formula is C15H21N3S2. The molecule has 1 N–H and O–H groups in total. The fourth-order valence-electron chi connectivity index (χ4n) is 2.91. The van der Waals surface area contributed by atoms with Crippen LogP contribution in [0.2, 0.25) is 0 Å². The SMILES string of the molecule is CCCCn1c(-c2csc3c2CC[C@H](C)C3)n[nH]c1=S. The molecule has 0 unspecified atom stereocenters. The molecule has 108 valence electrons. The van der Waals surface area contributed by atoms with Crippen molar-refractivity contribution in [2.45, 2.75) is 52.5 Å². The Hall–Kier alpha value is -0.940. The number of nitrogens with one attached hydrogen (secondary N) is 1. The third-order valence-electron chi connectivity index (χ3n) is 4.14. The molecule has 3 nitrogen and oxygen atoms in total. The average Bonchev–Trinajstić information content (AvgIpc) is 2.99. The Labute approximate surface area is 129 Å². The molecule has 0 aromatic carbocycles. The van der Waals surface area contributed by atoms with Crippen LogP contribution in [-0.4, -0.2) is 14.8 Å². The van der Waals surface area contributed by atoms with Crippen molar-refractivity contribution < 1.29 is 0 Å². The van der Waals surface area contributed by atoms with E-state index < -0.39 is 0 Å². The van der Waals surface area contributed by atoms with Gasteiger partial charge in [-0.25, -0.2) is 0 Å². The maximum Gasteiger partial charge on any atom is 0.195 e. The van der Waals surface area contributed by atoms with Crippen molar-refractivity contribution in [2.75, 3.05) is 0 Å². The first kappa shape index (κ1) is 14.0. The number of fused-ring (bicyclic) bond motifs is 1. The second kappa shape index (κ2) is 5.82. The first-order valence-corrected chi connectivity index (χ1v) is 8.74. The molecule has 1 aliphatic carbocycles. The monoisotopic (exact) mass is 307 g/mol. The lowest BCUT2D eigenvalue weighted by molar-refractivity contribution is 0.508. The van der Waals surface area contributed by atoms with E-state index in [1.165, 1.54) is 36.8 Å². The van der Waals surface area contributed by atoms with Crippen LogP contribution in [0.25, 0.3) is 11.4 Å². The summed E-state index contributed by atoms with van der Waals surface area (Å²) in [7, 11) is 0. The molecule has 2 aromatic rings. The quantitative estimate of drug-likeness (QED) is 0.838. The van der Waals surface area contributed by atoms with Crippen LogP contribution in [0.4, 0.5) is 0 Å². The lowest BCUT2D eigenvalue weighted by Crippen LogP contribution is -2.10. The first-order valence-electron chi connectivity index (χ1n) is 7.45. The van der Waals surface area contributed by atoms with Crippen molar-refractivity contribution in [1.29, 1.82) is 0 Å². The molecule has 2 aromatic heterocycles. The van der Waals surface area contributed by atoms with Crippen LogP contribution in [0.5, 0.6) is 0 Å². The molecule has 0 radical (unpaired) electrons. The second-order valence-electron chi connectivity index (χ2n) is 5.76. The van der Waals surface area contributed by atoms with Crippen molar-refractivity contribution in [3.63, 3.8) is 0 Å². The zero-order chi connectivity index (χ0) is 14.1. The lowest BCUT2D eigenvalue weighted by Gasteiger charge is -2.19. The maximum atomic E-state index is 5.38. The molecule has 0 bridgehead atoms. The average molecular weight is 307 g/mol. The van der Waals surface area contributed by atoms with E-state index in [4.69, 9.17) is 12.2 Å². The number of aromatic amines is 1. The minimum absolute atomic E-state index is 0.748. The minimum atomic E-state index is 0.748. The fraction of sp³-hybridized carbons (Fsp3) is 0.600. The predicted octanol–water partition coefficient (Wildman–Crippen LogP) is 4.59. The first-order chi connectivity index (χ1) is 9.70. The molecule has 0 amide bonds. The Morgan fingerprint density at radius 3 is 3.20 bits per heavy atom. The van der Waals surface area contributed by atoms with Gasteiger partial charge in [-0.2, -0.15) is 5.10 Å². The summed E-state index contributed by atoms with van der Waals surface area (Å²) in [6.07, 6.45) is 6.01. The van der Waals surface area contributed by atoms with Gasteiger partial charge in [0.2, 0.25) is 0 Å². The van der Waals surface area contributed by atoms with Gasteiger partial charge >= 0.3 is 0 Å². The Bertz CT molecular complexity index is 650. The smallest absolute Gasteiger partial charge is 0.195 e. The molecule has 0 saturated heterocycles. The summed E-state index contributed by atoms with van der Waals surface area (Å²) < 4.78 is 2.91. The van der Waals surface area contributed by atoms with Crippen LogP contribution in [0, 0.1) is 10.7 Å². The van der Waals surface area contributed by atoms with E-state index in [0.717, 1.165) is 29.5 Å². The van der Waals surface area contributed by atoms with E-state index in [2.05, 4.69) is 34.0 Å². The molecule has 20 heavy (non-hydrogen) atoms. The van der Waals surface area contributed by atoms with E-state index in [1.54, 1.807) is 4.88 Å². The van der Waals surface area contributed by atoms with Crippen molar-refractivity contribution in [3.8, 4) is 11.4 Å². The van der Waals surface area contributed by atoms with Crippen molar-refractivity contribution in [1.82, 2.24) is 14.8 Å². The van der Waals surface area contributed by atoms with Gasteiger partial charge in [0, 0.05) is 22.4 Å². The van der Waals surface area contributed by atoms with Gasteiger partial charge in [0.25, 0.3) is 0 Å². The molecule has 5 heteroatoms. The van der Waals surface area contributed by atoms with Crippen molar-refractivity contribution >= 4 is 23.6 Å². The molecule has 0 saturated carbocycles. The minimum Gasteiger partial charge on any atom is -0.300 e. The third-order valence-corrected chi connectivity index (χ3v) is 5.50. The topological polar surface area (TPSA) is 33.6 Å².